The zero-order valence-corrected chi connectivity index (χ0v) is 24.7. The lowest BCUT2D eigenvalue weighted by Crippen LogP contribution is -2.47. The second-order valence-corrected chi connectivity index (χ2v) is 11.6. The quantitative estimate of drug-likeness (QED) is 0.220. The van der Waals surface area contributed by atoms with Gasteiger partial charge in [-0.1, -0.05) is 74.0 Å². The number of rotatable bonds is 10. The van der Waals surface area contributed by atoms with Crippen LogP contribution in [0.25, 0.3) is 22.4 Å². The number of ether oxygens (including phenoxy) is 1. The lowest BCUT2D eigenvalue weighted by atomic mass is 9.86. The highest BCUT2D eigenvalue weighted by atomic mass is 32.2. The summed E-state index contributed by atoms with van der Waals surface area (Å²) in [5.41, 5.74) is -0.836. The van der Waals surface area contributed by atoms with Crippen LogP contribution in [0.4, 0.5) is 0 Å². The fraction of sp³-hybridized carbons (Fsp3) is 0.226. The van der Waals surface area contributed by atoms with Gasteiger partial charge in [0.2, 0.25) is 0 Å². The van der Waals surface area contributed by atoms with Crippen LogP contribution in [0.2, 0.25) is 0 Å². The Kier molecular flexibility index (Phi) is 8.16. The molecule has 0 unspecified atom stereocenters. The Morgan fingerprint density at radius 1 is 1.02 bits per heavy atom. The fourth-order valence-electron chi connectivity index (χ4n) is 4.96. The van der Waals surface area contributed by atoms with Crippen LogP contribution in [-0.2, 0) is 33.9 Å². The molecule has 0 fully saturated rings. The number of aromatic amines is 1. The van der Waals surface area contributed by atoms with E-state index in [-0.39, 0.29) is 39.8 Å². The minimum Gasteiger partial charge on any atom is -0.493 e. The highest BCUT2D eigenvalue weighted by Crippen LogP contribution is 2.33. The molecule has 0 saturated heterocycles. The topological polar surface area (TPSA) is 156 Å². The molecular weight excluding hydrogens is 570 g/mol. The van der Waals surface area contributed by atoms with Crippen molar-refractivity contribution in [1.29, 1.82) is 0 Å². The molecule has 2 aromatic heterocycles. The minimum absolute atomic E-state index is 0.0831. The van der Waals surface area contributed by atoms with Crippen molar-refractivity contribution >= 4 is 27.0 Å². The van der Waals surface area contributed by atoms with Crippen molar-refractivity contribution in [2.24, 2.45) is 7.05 Å². The summed E-state index contributed by atoms with van der Waals surface area (Å²) in [5.74, 6) is -0.797. The van der Waals surface area contributed by atoms with E-state index in [4.69, 9.17) is 4.74 Å². The van der Waals surface area contributed by atoms with Crippen molar-refractivity contribution in [3.05, 3.63) is 106 Å². The number of sulfonamides is 1. The van der Waals surface area contributed by atoms with Crippen molar-refractivity contribution in [3.63, 3.8) is 0 Å². The number of carbonyl (C=O) groups is 1. The van der Waals surface area contributed by atoms with Gasteiger partial charge in [-0.25, -0.2) is 18.1 Å². The lowest BCUT2D eigenvalue weighted by molar-refractivity contribution is -0.134. The fourth-order valence-corrected chi connectivity index (χ4v) is 5.99. The normalized spacial score (nSPS) is 11.9. The summed E-state index contributed by atoms with van der Waals surface area (Å²) in [6.45, 7) is 4.01. The largest absolute Gasteiger partial charge is 0.493 e. The lowest BCUT2D eigenvalue weighted by Gasteiger charge is -2.28. The van der Waals surface area contributed by atoms with Gasteiger partial charge in [-0.05, 0) is 42.7 Å². The molecule has 43 heavy (non-hydrogen) atoms. The van der Waals surface area contributed by atoms with Crippen molar-refractivity contribution in [2.45, 2.75) is 37.2 Å². The molecule has 0 aliphatic rings. The van der Waals surface area contributed by atoms with E-state index in [0.717, 1.165) is 6.42 Å². The van der Waals surface area contributed by atoms with Gasteiger partial charge < -0.3 is 14.8 Å². The van der Waals surface area contributed by atoms with Gasteiger partial charge in [-0.15, -0.1) is 0 Å². The van der Waals surface area contributed by atoms with Gasteiger partial charge in [0, 0.05) is 7.05 Å². The molecule has 3 aromatic carbocycles. The first kappa shape index (κ1) is 29.7. The van der Waals surface area contributed by atoms with Gasteiger partial charge in [-0.3, -0.25) is 14.3 Å². The molecule has 0 aliphatic heterocycles. The van der Waals surface area contributed by atoms with Crippen molar-refractivity contribution in [1.82, 2.24) is 24.5 Å². The van der Waals surface area contributed by atoms with Gasteiger partial charge in [0.25, 0.3) is 21.5 Å². The van der Waals surface area contributed by atoms with E-state index in [9.17, 15) is 23.1 Å². The third-order valence-corrected chi connectivity index (χ3v) is 8.33. The Hall–Kier alpha value is -4.81. The number of fused-ring (bicyclic) bond motifs is 1. The second-order valence-electron chi connectivity index (χ2n) is 9.90. The average Bonchev–Trinajstić information content (AvgIpc) is 3.32. The van der Waals surface area contributed by atoms with E-state index >= 15 is 0 Å². The van der Waals surface area contributed by atoms with Crippen LogP contribution in [-0.4, -0.2) is 45.8 Å². The molecule has 1 amide bonds. The molecule has 11 nitrogen and oxygen atoms in total. The number of hydrogen-bond acceptors (Lipinski definition) is 8. The molecule has 2 heterocycles. The first-order chi connectivity index (χ1) is 20.6. The Balaban J connectivity index is 1.59. The molecule has 5 aromatic rings. The van der Waals surface area contributed by atoms with Crippen LogP contribution < -0.4 is 15.0 Å². The molecule has 0 saturated carbocycles. The zero-order chi connectivity index (χ0) is 30.8. The van der Waals surface area contributed by atoms with Gasteiger partial charge in [0.1, 0.15) is 17.1 Å². The summed E-state index contributed by atoms with van der Waals surface area (Å²) in [5, 5.41) is 16.2. The minimum atomic E-state index is -4.54. The maximum absolute atomic E-state index is 13.6. The molecule has 222 valence electrons. The van der Waals surface area contributed by atoms with Gasteiger partial charge in [-0.2, -0.15) is 5.10 Å². The predicted octanol–water partition coefficient (Wildman–Crippen LogP) is 3.42. The highest BCUT2D eigenvalue weighted by molar-refractivity contribution is 7.90. The Morgan fingerprint density at radius 3 is 2.23 bits per heavy atom. The molecule has 0 atom stereocenters. The zero-order valence-electron chi connectivity index (χ0n) is 23.9. The number of aliphatic hydroxyl groups is 1. The van der Waals surface area contributed by atoms with Crippen molar-refractivity contribution in [3.8, 4) is 17.1 Å². The predicted molar refractivity (Wildman–Crippen MR) is 161 cm³/mol. The Morgan fingerprint density at radius 2 is 1.65 bits per heavy atom. The van der Waals surface area contributed by atoms with Gasteiger partial charge >= 0.3 is 0 Å². The summed E-state index contributed by atoms with van der Waals surface area (Å²) in [4.78, 5) is 33.8. The molecule has 0 radical (unpaired) electrons. The second kappa shape index (κ2) is 11.8. The molecule has 0 aliphatic carbocycles. The third kappa shape index (κ3) is 5.54. The van der Waals surface area contributed by atoms with Crippen LogP contribution in [0.5, 0.6) is 5.75 Å². The number of carbonyl (C=O) groups excluding carboxylic acids is 1. The standard InChI is InChI=1S/C31H31N5O6S/c1-4-12-24-26-27(36(3)34-24)29(37)33-28(32-26)23-19-22(17-18-25(23)42-5-2)43(40,41)35-30(38)31(39,20-13-8-6-9-14-20)21-15-10-7-11-16-21/h6-11,13-19,39H,4-5,12H2,1-3H3,(H,35,38)(H,32,33,37). The summed E-state index contributed by atoms with van der Waals surface area (Å²) in [6, 6.07) is 20.1. The van der Waals surface area contributed by atoms with Crippen LogP contribution in [0.1, 0.15) is 37.1 Å². The SMILES string of the molecule is CCCc1nn(C)c2c(=O)[nH]c(-c3cc(S(=O)(=O)NC(=O)C(O)(c4ccccc4)c4ccccc4)ccc3OCC)nc12. The first-order valence-electron chi connectivity index (χ1n) is 13.7. The molecule has 3 N–H and O–H groups in total. The number of H-pyrrole nitrogens is 1. The number of hydrogen-bond donors (Lipinski definition) is 3. The molecule has 0 bridgehead atoms. The molecular formula is C31H31N5O6S. The average molecular weight is 602 g/mol. The van der Waals surface area contributed by atoms with Crippen LogP contribution >= 0.6 is 0 Å². The van der Waals surface area contributed by atoms with E-state index in [0.29, 0.717) is 23.1 Å². The number of nitrogens with one attached hydrogen (secondary N) is 2. The van der Waals surface area contributed by atoms with E-state index < -0.39 is 27.1 Å². The number of aromatic nitrogens is 4. The maximum atomic E-state index is 13.6. The molecule has 0 spiro atoms. The number of benzene rings is 3. The summed E-state index contributed by atoms with van der Waals surface area (Å²) < 4.78 is 36.5. The highest BCUT2D eigenvalue weighted by Gasteiger charge is 2.42. The Bertz CT molecular complexity index is 1910. The van der Waals surface area contributed by atoms with Crippen molar-refractivity contribution in [2.75, 3.05) is 6.61 Å². The summed E-state index contributed by atoms with van der Waals surface area (Å²) >= 11 is 0. The number of amides is 1. The number of nitrogens with zero attached hydrogens (tertiary/aromatic N) is 3. The molecule has 12 heteroatoms. The van der Waals surface area contributed by atoms with Crippen LogP contribution in [0, 0.1) is 0 Å². The molecule has 5 rings (SSSR count). The maximum Gasteiger partial charge on any atom is 0.277 e. The Labute approximate surface area is 248 Å². The first-order valence-corrected chi connectivity index (χ1v) is 15.2. The third-order valence-electron chi connectivity index (χ3n) is 7.00. The van der Waals surface area contributed by atoms with Crippen LogP contribution in [0.15, 0.2) is 88.6 Å². The van der Waals surface area contributed by atoms with E-state index in [2.05, 4.69) is 15.1 Å². The van der Waals surface area contributed by atoms with Crippen LogP contribution in [0.3, 0.4) is 0 Å². The summed E-state index contributed by atoms with van der Waals surface area (Å²) in [6.07, 6.45) is 1.38. The van der Waals surface area contributed by atoms with Crippen molar-refractivity contribution < 1.29 is 23.1 Å². The number of aryl methyl sites for hydroxylation is 2. The van der Waals surface area contributed by atoms with Gasteiger partial charge in [0.15, 0.2) is 11.1 Å². The monoisotopic (exact) mass is 601 g/mol. The van der Waals surface area contributed by atoms with E-state index in [1.807, 2.05) is 11.6 Å². The van der Waals surface area contributed by atoms with E-state index in [1.54, 1.807) is 50.4 Å². The smallest absolute Gasteiger partial charge is 0.277 e. The van der Waals surface area contributed by atoms with E-state index in [1.165, 1.54) is 47.1 Å². The van der Waals surface area contributed by atoms with Gasteiger partial charge in [0.05, 0.1) is 22.8 Å². The summed E-state index contributed by atoms with van der Waals surface area (Å²) in [7, 11) is -2.88.